The number of halogens is 2. The van der Waals surface area contributed by atoms with Gasteiger partial charge in [-0.25, -0.2) is 4.39 Å². The molecule has 17 heavy (non-hydrogen) atoms. The molecule has 0 saturated heterocycles. The minimum Gasteiger partial charge on any atom is -0.492 e. The van der Waals surface area contributed by atoms with Crippen LogP contribution in [0.3, 0.4) is 0 Å². The highest BCUT2D eigenvalue weighted by molar-refractivity contribution is 9.10. The van der Waals surface area contributed by atoms with Crippen molar-refractivity contribution < 1.29 is 9.13 Å². The lowest BCUT2D eigenvalue weighted by Gasteiger charge is -2.07. The molecule has 0 aliphatic heterocycles. The van der Waals surface area contributed by atoms with Crippen LogP contribution in [0.15, 0.2) is 47.1 Å². The third-order valence-corrected chi connectivity index (χ3v) is 2.89. The van der Waals surface area contributed by atoms with Gasteiger partial charge in [-0.2, -0.15) is 0 Å². The summed E-state index contributed by atoms with van der Waals surface area (Å²) in [6, 6.07) is 10.1. The molecule has 1 aromatic heterocycles. The smallest absolute Gasteiger partial charge is 0.136 e. The quantitative estimate of drug-likeness (QED) is 0.860. The zero-order valence-electron chi connectivity index (χ0n) is 9.07. The molecule has 0 amide bonds. The summed E-state index contributed by atoms with van der Waals surface area (Å²) in [5.41, 5.74) is 0.958. The number of benzene rings is 1. The number of nitrogens with zero attached hydrogens (tertiary/aromatic N) is 1. The Hall–Kier alpha value is -1.42. The Balaban J connectivity index is 1.92. The van der Waals surface area contributed by atoms with Gasteiger partial charge >= 0.3 is 0 Å². The first-order valence-corrected chi connectivity index (χ1v) is 6.03. The van der Waals surface area contributed by atoms with E-state index >= 15 is 0 Å². The van der Waals surface area contributed by atoms with Crippen molar-refractivity contribution in [2.24, 2.45) is 0 Å². The van der Waals surface area contributed by atoms with Gasteiger partial charge in [0.25, 0.3) is 0 Å². The van der Waals surface area contributed by atoms with Gasteiger partial charge in [0, 0.05) is 24.4 Å². The number of aromatic nitrogens is 1. The summed E-state index contributed by atoms with van der Waals surface area (Å²) in [6.07, 6.45) is 2.44. The fraction of sp³-hybridized carbons (Fsp3) is 0.154. The van der Waals surface area contributed by atoms with Crippen molar-refractivity contribution >= 4 is 15.9 Å². The van der Waals surface area contributed by atoms with Gasteiger partial charge in [0.2, 0.25) is 0 Å². The van der Waals surface area contributed by atoms with E-state index in [0.717, 1.165) is 10.2 Å². The molecule has 1 heterocycles. The van der Waals surface area contributed by atoms with E-state index in [-0.39, 0.29) is 5.82 Å². The average Bonchev–Trinajstić information content (AvgIpc) is 2.35. The molecule has 0 saturated carbocycles. The van der Waals surface area contributed by atoms with E-state index in [0.29, 0.717) is 18.8 Å². The summed E-state index contributed by atoms with van der Waals surface area (Å²) in [4.78, 5) is 4.18. The van der Waals surface area contributed by atoms with E-state index in [1.54, 1.807) is 12.3 Å². The Labute approximate surface area is 108 Å². The Bertz CT molecular complexity index is 490. The standard InChI is InChI=1S/C13H11BrFNO/c14-12-5-4-10(15)9-13(12)17-8-6-11-3-1-2-7-16-11/h1-5,7,9H,6,8H2. The fourth-order valence-corrected chi connectivity index (χ4v) is 1.76. The van der Waals surface area contributed by atoms with E-state index in [9.17, 15) is 4.39 Å². The third-order valence-electron chi connectivity index (χ3n) is 2.24. The van der Waals surface area contributed by atoms with Crippen LogP contribution in [0.2, 0.25) is 0 Å². The van der Waals surface area contributed by atoms with Gasteiger partial charge in [0.1, 0.15) is 11.6 Å². The minimum atomic E-state index is -0.305. The lowest BCUT2D eigenvalue weighted by Crippen LogP contribution is -2.03. The summed E-state index contributed by atoms with van der Waals surface area (Å²) >= 11 is 3.31. The maximum absolute atomic E-state index is 13.0. The minimum absolute atomic E-state index is 0.305. The van der Waals surface area contributed by atoms with Crippen LogP contribution in [-0.4, -0.2) is 11.6 Å². The van der Waals surface area contributed by atoms with Crippen molar-refractivity contribution in [3.8, 4) is 5.75 Å². The molecular weight excluding hydrogens is 285 g/mol. The average molecular weight is 296 g/mol. The topological polar surface area (TPSA) is 22.1 Å². The van der Waals surface area contributed by atoms with Crippen LogP contribution in [0.4, 0.5) is 4.39 Å². The first-order valence-electron chi connectivity index (χ1n) is 5.23. The Morgan fingerprint density at radius 3 is 2.88 bits per heavy atom. The van der Waals surface area contributed by atoms with E-state index in [4.69, 9.17) is 4.74 Å². The van der Waals surface area contributed by atoms with Crippen LogP contribution >= 0.6 is 15.9 Å². The number of pyridine rings is 1. The Kier molecular flexibility index (Phi) is 4.09. The molecule has 0 atom stereocenters. The van der Waals surface area contributed by atoms with Crippen molar-refractivity contribution in [2.75, 3.05) is 6.61 Å². The molecule has 0 aliphatic rings. The zero-order valence-corrected chi connectivity index (χ0v) is 10.7. The van der Waals surface area contributed by atoms with E-state index in [2.05, 4.69) is 20.9 Å². The van der Waals surface area contributed by atoms with Gasteiger partial charge < -0.3 is 4.74 Å². The highest BCUT2D eigenvalue weighted by Gasteiger charge is 2.03. The van der Waals surface area contributed by atoms with Crippen molar-refractivity contribution in [1.29, 1.82) is 0 Å². The van der Waals surface area contributed by atoms with Gasteiger partial charge in [-0.1, -0.05) is 6.07 Å². The van der Waals surface area contributed by atoms with Gasteiger partial charge in [0.05, 0.1) is 11.1 Å². The zero-order chi connectivity index (χ0) is 12.1. The second-order valence-electron chi connectivity index (χ2n) is 3.49. The van der Waals surface area contributed by atoms with Crippen molar-refractivity contribution in [3.05, 3.63) is 58.6 Å². The highest BCUT2D eigenvalue weighted by Crippen LogP contribution is 2.25. The number of ether oxygens (including phenoxy) is 1. The first kappa shape index (κ1) is 12.0. The second-order valence-corrected chi connectivity index (χ2v) is 4.35. The monoisotopic (exact) mass is 295 g/mol. The Morgan fingerprint density at radius 2 is 2.12 bits per heavy atom. The molecule has 0 fully saturated rings. The number of rotatable bonds is 4. The second kappa shape index (κ2) is 5.77. The molecule has 0 bridgehead atoms. The predicted molar refractivity (Wildman–Crippen MR) is 67.5 cm³/mol. The lowest BCUT2D eigenvalue weighted by molar-refractivity contribution is 0.317. The maximum atomic E-state index is 13.0. The van der Waals surface area contributed by atoms with Crippen molar-refractivity contribution in [3.63, 3.8) is 0 Å². The normalized spacial score (nSPS) is 10.2. The maximum Gasteiger partial charge on any atom is 0.136 e. The van der Waals surface area contributed by atoms with Gasteiger partial charge in [-0.05, 0) is 40.2 Å². The largest absolute Gasteiger partial charge is 0.492 e. The van der Waals surface area contributed by atoms with E-state index in [1.165, 1.54) is 12.1 Å². The predicted octanol–water partition coefficient (Wildman–Crippen LogP) is 3.60. The van der Waals surface area contributed by atoms with Gasteiger partial charge in [-0.15, -0.1) is 0 Å². The third kappa shape index (κ3) is 3.53. The molecular formula is C13H11BrFNO. The highest BCUT2D eigenvalue weighted by atomic mass is 79.9. The lowest BCUT2D eigenvalue weighted by atomic mass is 10.3. The van der Waals surface area contributed by atoms with Crippen molar-refractivity contribution in [2.45, 2.75) is 6.42 Å². The van der Waals surface area contributed by atoms with E-state index < -0.39 is 0 Å². The molecule has 1 aromatic carbocycles. The molecule has 4 heteroatoms. The van der Waals surface area contributed by atoms with Gasteiger partial charge in [-0.3, -0.25) is 4.98 Å². The fourth-order valence-electron chi connectivity index (χ4n) is 1.40. The molecule has 0 aliphatic carbocycles. The molecule has 2 rings (SSSR count). The summed E-state index contributed by atoms with van der Waals surface area (Å²) in [5, 5.41) is 0. The van der Waals surface area contributed by atoms with Gasteiger partial charge in [0.15, 0.2) is 0 Å². The van der Waals surface area contributed by atoms with Crippen LogP contribution in [0.5, 0.6) is 5.75 Å². The van der Waals surface area contributed by atoms with Crippen LogP contribution in [-0.2, 0) is 6.42 Å². The SMILES string of the molecule is Fc1ccc(Br)c(OCCc2ccccn2)c1. The molecule has 2 nitrogen and oxygen atoms in total. The first-order chi connectivity index (χ1) is 8.25. The van der Waals surface area contributed by atoms with Crippen LogP contribution in [0.1, 0.15) is 5.69 Å². The summed E-state index contributed by atoms with van der Waals surface area (Å²) in [6.45, 7) is 0.471. The molecule has 0 N–H and O–H groups in total. The summed E-state index contributed by atoms with van der Waals surface area (Å²) < 4.78 is 19.2. The molecule has 0 spiro atoms. The summed E-state index contributed by atoms with van der Waals surface area (Å²) in [7, 11) is 0. The van der Waals surface area contributed by atoms with Crippen LogP contribution in [0, 0.1) is 5.82 Å². The van der Waals surface area contributed by atoms with E-state index in [1.807, 2.05) is 18.2 Å². The van der Waals surface area contributed by atoms with Crippen molar-refractivity contribution in [1.82, 2.24) is 4.98 Å². The molecule has 0 unspecified atom stereocenters. The molecule has 88 valence electrons. The summed E-state index contributed by atoms with van der Waals surface area (Å²) in [5.74, 6) is 0.210. The number of hydrogen-bond donors (Lipinski definition) is 0. The van der Waals surface area contributed by atoms with Crippen LogP contribution < -0.4 is 4.74 Å². The van der Waals surface area contributed by atoms with Crippen LogP contribution in [0.25, 0.3) is 0 Å². The Morgan fingerprint density at radius 1 is 1.24 bits per heavy atom. The molecule has 0 radical (unpaired) electrons. The molecule has 2 aromatic rings. The number of hydrogen-bond acceptors (Lipinski definition) is 2.